The van der Waals surface area contributed by atoms with Gasteiger partial charge in [0.1, 0.15) is 70.4 Å². The van der Waals surface area contributed by atoms with E-state index >= 15 is 0 Å². The van der Waals surface area contributed by atoms with Gasteiger partial charge < -0.3 is 76.8 Å². The second kappa shape index (κ2) is 35.3. The molecule has 1 radical (unpaired) electrons. The molecule has 109 heavy (non-hydrogen) atoms. The SMILES string of the molecule is C1=CCC/C=C\CC1.COC1=C2c3cc(OC)c(OC)cc3OC[C@H]2Oc2c1ccc1c2C(O)CC(C)(C)O1.COC1=C2c3cc(OC)c(OC)cc3OC[C@H]2Oc2c1ccc1c2C=CC(C)(C)O1.[CH3-].[CH3-].[Rh].[c-]1c(-c2c(Pc3ccccc3)ccc3ccccc23)c2ccccc2c2ccccc12.[c-]1ccccc1. The molecule has 0 spiro atoms. The second-order valence-corrected chi connectivity index (χ2v) is 28.8. The van der Waals surface area contributed by atoms with Crippen LogP contribution in [0.3, 0.4) is 0 Å². The van der Waals surface area contributed by atoms with Crippen molar-refractivity contribution in [1.82, 2.24) is 0 Å². The third-order valence-electron chi connectivity index (χ3n) is 19.5. The zero-order chi connectivity index (χ0) is 73.5. The molecule has 11 aromatic rings. The maximum Gasteiger partial charge on any atom is 0.164 e. The average Bonchev–Trinajstić information content (AvgIpc) is 0.739. The third-order valence-corrected chi connectivity index (χ3v) is 20.8. The first kappa shape index (κ1) is 79.6. The standard InChI is InChI=1S/C30H20P.C24H26O7.C24H24O6.C8H12.C6H5.2CH3.Rh/c1-2-12-23(13-3-1)31-29-19-18-21-10-4-7-15-25(21)30(29)28-20-22-11-5-6-14-24(22)26-16-8-9-17-27(26)28;1-24(2)10-14(25)21-15(31-24)7-6-12-22(28-5)20-13-8-17(26-3)18(27-4)9-16(13)29-11-19(20)30-23(12)21;1-24(2)9-8-13-16(30-24)7-6-14-22(13)29-20-12-28-17-11-19(26-4)18(25-3)10-15(17)21(20)23(14)27-5;1-2-4-6-8-7-5-3-1;1-2-4-6-5-3-1;;;/h1-19,31H;6-9,14,19,25H,10-11H2,1-5H3;6-11,20H,12H2,1-5H3;1-2,7-8H,3-6H2;1-5H;2*1H3;/q-1;;;;3*-1;/b;;;2-1-,8-7?;;;;/t;14?,19-;20-;;;;;/m.11...../s1. The second-order valence-electron chi connectivity index (χ2n) is 27.4. The molecule has 15 heteroatoms. The van der Waals surface area contributed by atoms with Crippen molar-refractivity contribution >= 4 is 80.2 Å². The summed E-state index contributed by atoms with van der Waals surface area (Å²) in [5, 5.41) is 21.2. The van der Waals surface area contributed by atoms with Crippen LogP contribution in [-0.4, -0.2) is 84.4 Å². The number of benzene rings is 11. The Morgan fingerprint density at radius 1 is 0.477 bits per heavy atom. The molecular formula is C94H93O13PRh-4. The van der Waals surface area contributed by atoms with E-state index in [4.69, 9.17) is 56.8 Å². The fraction of sp³-hybridized carbons (Fsp3) is 0.234. The minimum absolute atomic E-state index is 0. The molecular weight excluding hydrogens is 1470 g/mol. The predicted molar refractivity (Wildman–Crippen MR) is 440 cm³/mol. The van der Waals surface area contributed by atoms with Crippen LogP contribution >= 0.6 is 8.58 Å². The maximum atomic E-state index is 10.9. The van der Waals surface area contributed by atoms with Crippen molar-refractivity contribution in [1.29, 1.82) is 0 Å². The summed E-state index contributed by atoms with van der Waals surface area (Å²) in [6.45, 7) is 8.65. The predicted octanol–water partition coefficient (Wildman–Crippen LogP) is 20.8. The smallest absolute Gasteiger partial charge is 0.164 e. The van der Waals surface area contributed by atoms with Gasteiger partial charge in [0.2, 0.25) is 0 Å². The molecule has 13 nitrogen and oxygen atoms in total. The fourth-order valence-corrected chi connectivity index (χ4v) is 15.8. The largest absolute Gasteiger partial charge is 0.496 e. The van der Waals surface area contributed by atoms with Gasteiger partial charge in [0, 0.05) is 60.3 Å². The molecule has 11 aromatic carbocycles. The van der Waals surface area contributed by atoms with Gasteiger partial charge >= 0.3 is 0 Å². The topological polar surface area (TPSA) is 131 Å². The van der Waals surface area contributed by atoms with Crippen LogP contribution < -0.4 is 58.0 Å². The Labute approximate surface area is 656 Å². The summed E-state index contributed by atoms with van der Waals surface area (Å²) in [4.78, 5) is 0. The Bertz CT molecular complexity index is 5160. The third kappa shape index (κ3) is 16.7. The number of hydrogen-bond donors (Lipinski definition) is 1. The van der Waals surface area contributed by atoms with Crippen molar-refractivity contribution in [2.45, 2.75) is 89.3 Å². The molecule has 4 atom stereocenters. The quantitative estimate of drug-likeness (QED) is 0.0484. The summed E-state index contributed by atoms with van der Waals surface area (Å²) in [5.74, 6) is 8.01. The fourth-order valence-electron chi connectivity index (χ4n) is 14.6. The molecule has 18 rings (SSSR count). The van der Waals surface area contributed by atoms with Gasteiger partial charge in [-0.15, -0.1) is 23.1 Å². The van der Waals surface area contributed by atoms with E-state index in [0.29, 0.717) is 85.5 Å². The number of hydrogen-bond acceptors (Lipinski definition) is 13. The van der Waals surface area contributed by atoms with Gasteiger partial charge in [-0.1, -0.05) is 164 Å². The van der Waals surface area contributed by atoms with Gasteiger partial charge in [-0.25, -0.2) is 0 Å². The molecule has 2 unspecified atom stereocenters. The Balaban J connectivity index is 0.000000147. The van der Waals surface area contributed by atoms with Crippen molar-refractivity contribution < 1.29 is 81.4 Å². The van der Waals surface area contributed by atoms with Crippen LogP contribution in [0.1, 0.15) is 99.3 Å². The van der Waals surface area contributed by atoms with Gasteiger partial charge in [-0.3, -0.25) is 0 Å². The number of aliphatic hydroxyl groups excluding tert-OH is 1. The van der Waals surface area contributed by atoms with Crippen molar-refractivity contribution in [3.8, 4) is 68.6 Å². The Kier molecular flexibility index (Phi) is 25.7. The monoisotopic (exact) mass is 1560 g/mol. The molecule has 6 heterocycles. The van der Waals surface area contributed by atoms with E-state index < -0.39 is 17.8 Å². The van der Waals surface area contributed by atoms with Gasteiger partial charge in [0.05, 0.1) is 71.0 Å². The molecule has 6 aliphatic heterocycles. The summed E-state index contributed by atoms with van der Waals surface area (Å²) in [7, 11) is 10.3. The minimum atomic E-state index is -0.700. The molecule has 0 aromatic heterocycles. The first-order valence-corrected chi connectivity index (χ1v) is 36.9. The normalized spacial score (nSPS) is 17.4. The number of rotatable bonds is 9. The average molecular weight is 1560 g/mol. The van der Waals surface area contributed by atoms with Crippen LogP contribution in [0.25, 0.3) is 72.2 Å². The van der Waals surface area contributed by atoms with Crippen LogP contribution in [0.15, 0.2) is 225 Å². The van der Waals surface area contributed by atoms with E-state index in [2.05, 4.69) is 158 Å². The van der Waals surface area contributed by atoms with Crippen LogP contribution in [0.4, 0.5) is 0 Å². The molecule has 0 saturated heterocycles. The van der Waals surface area contributed by atoms with Crippen LogP contribution in [0.5, 0.6) is 57.5 Å². The summed E-state index contributed by atoms with van der Waals surface area (Å²) in [6.07, 6.45) is 17.2. The molecule has 565 valence electrons. The van der Waals surface area contributed by atoms with E-state index in [9.17, 15) is 5.11 Å². The van der Waals surface area contributed by atoms with Crippen LogP contribution in [0.2, 0.25) is 0 Å². The van der Waals surface area contributed by atoms with Gasteiger partial charge in [-0.2, -0.15) is 36.4 Å². The molecule has 0 amide bonds. The van der Waals surface area contributed by atoms with Crippen molar-refractivity contribution in [3.05, 3.63) is 285 Å². The van der Waals surface area contributed by atoms with Gasteiger partial charge in [-0.05, 0) is 123 Å². The van der Waals surface area contributed by atoms with Crippen LogP contribution in [-0.2, 0) is 29.0 Å². The van der Waals surface area contributed by atoms with E-state index in [-0.39, 0.29) is 46.0 Å². The van der Waals surface area contributed by atoms with Crippen molar-refractivity contribution in [2.24, 2.45) is 0 Å². The van der Waals surface area contributed by atoms with E-state index in [1.807, 2.05) is 113 Å². The summed E-state index contributed by atoms with van der Waals surface area (Å²) in [6, 6.07) is 72.9. The van der Waals surface area contributed by atoms with E-state index in [1.165, 1.54) is 74.4 Å². The first-order chi connectivity index (χ1) is 51.7. The number of fused-ring (bicyclic) bond motifs is 16. The van der Waals surface area contributed by atoms with E-state index in [0.717, 1.165) is 61.6 Å². The Morgan fingerprint density at radius 3 is 1.54 bits per heavy atom. The number of allylic oxidation sites excluding steroid dienone is 4. The van der Waals surface area contributed by atoms with E-state index in [1.54, 1.807) is 42.7 Å². The molecule has 0 bridgehead atoms. The Morgan fingerprint density at radius 2 is 0.982 bits per heavy atom. The summed E-state index contributed by atoms with van der Waals surface area (Å²) < 4.78 is 70.8. The maximum absolute atomic E-state index is 10.9. The molecule has 1 N–H and O–H groups in total. The molecule has 0 saturated carbocycles. The molecule has 1 aliphatic carbocycles. The summed E-state index contributed by atoms with van der Waals surface area (Å²) in [5.41, 5.74) is 8.44. The molecule has 7 aliphatic rings. The minimum Gasteiger partial charge on any atom is -0.496 e. The van der Waals surface area contributed by atoms with Gasteiger partial charge in [0.25, 0.3) is 0 Å². The van der Waals surface area contributed by atoms with Crippen molar-refractivity contribution in [3.63, 3.8) is 0 Å². The number of ether oxygens (including phenoxy) is 12. The van der Waals surface area contributed by atoms with Crippen molar-refractivity contribution in [2.75, 3.05) is 55.9 Å². The Hall–Kier alpha value is -10.5. The number of aliphatic hydroxyl groups is 1. The summed E-state index contributed by atoms with van der Waals surface area (Å²) >= 11 is 0. The zero-order valence-corrected chi connectivity index (χ0v) is 66.4. The van der Waals surface area contributed by atoms with Crippen LogP contribution in [0, 0.1) is 27.0 Å². The first-order valence-electron chi connectivity index (χ1n) is 35.9. The molecule has 0 fully saturated rings. The number of methoxy groups -OCH3 is 6. The van der Waals surface area contributed by atoms with Gasteiger partial charge in [0.15, 0.2) is 35.2 Å². The zero-order valence-electron chi connectivity index (χ0n) is 63.8.